The summed E-state index contributed by atoms with van der Waals surface area (Å²) < 4.78 is 12.9. The summed E-state index contributed by atoms with van der Waals surface area (Å²) in [7, 11) is 3.86. The first kappa shape index (κ1) is 16.8. The Morgan fingerprint density at radius 2 is 2.11 bits per heavy atom. The van der Waals surface area contributed by atoms with Gasteiger partial charge in [-0.2, -0.15) is 0 Å². The van der Waals surface area contributed by atoms with Crippen molar-refractivity contribution in [2.75, 3.05) is 20.6 Å². The Morgan fingerprint density at radius 3 is 2.67 bits per heavy atom. The molecule has 0 saturated heterocycles. The Hall–Kier alpha value is -1.19. The van der Waals surface area contributed by atoms with Crippen molar-refractivity contribution in [3.05, 3.63) is 41.7 Å². The maximum absolute atomic E-state index is 12.9. The normalized spacial score (nSPS) is 12.5. The van der Waals surface area contributed by atoms with Crippen LogP contribution in [0.15, 0.2) is 30.3 Å². The lowest BCUT2D eigenvalue weighted by atomic mass is 10.0. The minimum atomic E-state index is -0.291. The molecule has 1 rings (SSSR count). The van der Waals surface area contributed by atoms with Gasteiger partial charge < -0.3 is 4.90 Å². The van der Waals surface area contributed by atoms with Crippen LogP contribution in [0.1, 0.15) is 12.5 Å². The number of hydrogen-bond acceptors (Lipinski definition) is 2. The summed E-state index contributed by atoms with van der Waals surface area (Å²) in [5.74, 6) is -0.279. The molecule has 1 unspecified atom stereocenters. The predicted molar refractivity (Wildman–Crippen MR) is 75.4 cm³/mol. The van der Waals surface area contributed by atoms with Gasteiger partial charge in [-0.15, -0.1) is 12.4 Å². The molecule has 0 amide bonds. The van der Waals surface area contributed by atoms with Gasteiger partial charge in [0.15, 0.2) is 5.78 Å². The predicted octanol–water partition coefficient (Wildman–Crippen LogP) is 3.03. The molecule has 0 aliphatic heterocycles. The average molecular weight is 272 g/mol. The highest BCUT2D eigenvalue weighted by Gasteiger charge is 2.10. The van der Waals surface area contributed by atoms with Gasteiger partial charge in [0.2, 0.25) is 0 Å². The van der Waals surface area contributed by atoms with E-state index in [1.54, 1.807) is 18.2 Å². The molecule has 1 aromatic carbocycles. The number of carbonyl (C=O) groups is 1. The molecule has 0 N–H and O–H groups in total. The van der Waals surface area contributed by atoms with Crippen LogP contribution >= 0.6 is 12.4 Å². The van der Waals surface area contributed by atoms with Crippen molar-refractivity contribution in [1.82, 2.24) is 4.90 Å². The Kier molecular flexibility index (Phi) is 7.48. The van der Waals surface area contributed by atoms with E-state index in [4.69, 9.17) is 0 Å². The first-order valence-corrected chi connectivity index (χ1v) is 5.61. The van der Waals surface area contributed by atoms with E-state index >= 15 is 0 Å². The molecular formula is C14H19ClFNO. The van der Waals surface area contributed by atoms with Gasteiger partial charge in [0.05, 0.1) is 0 Å². The van der Waals surface area contributed by atoms with Crippen LogP contribution < -0.4 is 0 Å². The van der Waals surface area contributed by atoms with Crippen LogP contribution in [0.3, 0.4) is 0 Å². The van der Waals surface area contributed by atoms with Crippen LogP contribution in [-0.2, 0) is 4.79 Å². The van der Waals surface area contributed by atoms with Gasteiger partial charge in [-0.3, -0.25) is 4.79 Å². The second-order valence-electron chi connectivity index (χ2n) is 4.45. The van der Waals surface area contributed by atoms with Crippen molar-refractivity contribution in [2.45, 2.75) is 6.92 Å². The topological polar surface area (TPSA) is 20.3 Å². The number of halogens is 2. The molecule has 1 aromatic rings. The fourth-order valence-corrected chi connectivity index (χ4v) is 1.59. The lowest BCUT2D eigenvalue weighted by molar-refractivity contribution is -0.118. The maximum Gasteiger partial charge on any atom is 0.159 e. The molecule has 4 heteroatoms. The number of ketones is 1. The minimum Gasteiger partial charge on any atom is -0.309 e. The SMILES string of the molecule is CC(CN(C)C)C(=O)C=Cc1cccc(F)c1.Cl. The summed E-state index contributed by atoms with van der Waals surface area (Å²) in [5.41, 5.74) is 0.704. The molecule has 0 radical (unpaired) electrons. The molecule has 0 aromatic heterocycles. The summed E-state index contributed by atoms with van der Waals surface area (Å²) in [6, 6.07) is 6.18. The number of hydrogen-bond donors (Lipinski definition) is 0. The van der Waals surface area contributed by atoms with Crippen LogP contribution in [0.4, 0.5) is 4.39 Å². The molecule has 2 nitrogen and oxygen atoms in total. The van der Waals surface area contributed by atoms with Crippen molar-refractivity contribution in [2.24, 2.45) is 5.92 Å². The molecule has 0 spiro atoms. The monoisotopic (exact) mass is 271 g/mol. The van der Waals surface area contributed by atoms with E-state index in [-0.39, 0.29) is 29.9 Å². The van der Waals surface area contributed by atoms with Gasteiger partial charge in [0, 0.05) is 12.5 Å². The summed E-state index contributed by atoms with van der Waals surface area (Å²) in [6.45, 7) is 2.60. The van der Waals surface area contributed by atoms with Crippen LogP contribution in [0.5, 0.6) is 0 Å². The van der Waals surface area contributed by atoms with E-state index < -0.39 is 0 Å². The molecule has 0 aliphatic carbocycles. The zero-order valence-corrected chi connectivity index (χ0v) is 11.7. The Labute approximate surface area is 114 Å². The fourth-order valence-electron chi connectivity index (χ4n) is 1.59. The lowest BCUT2D eigenvalue weighted by Gasteiger charge is -2.13. The highest BCUT2D eigenvalue weighted by molar-refractivity contribution is 5.95. The van der Waals surface area contributed by atoms with Crippen LogP contribution in [0.25, 0.3) is 6.08 Å². The van der Waals surface area contributed by atoms with E-state index in [1.807, 2.05) is 25.9 Å². The average Bonchev–Trinajstić information content (AvgIpc) is 2.25. The molecule has 1 atom stereocenters. The highest BCUT2D eigenvalue weighted by atomic mass is 35.5. The zero-order valence-electron chi connectivity index (χ0n) is 10.9. The van der Waals surface area contributed by atoms with Gasteiger partial charge in [-0.05, 0) is 37.9 Å². The molecule has 100 valence electrons. The lowest BCUT2D eigenvalue weighted by Crippen LogP contribution is -2.24. The molecule has 0 aliphatic rings. The standard InChI is InChI=1S/C14H18FNO.ClH/c1-11(10-16(2)3)14(17)8-7-12-5-4-6-13(15)9-12;/h4-9,11H,10H2,1-3H3;1H. The number of benzene rings is 1. The number of allylic oxidation sites excluding steroid dienone is 1. The van der Waals surface area contributed by atoms with Crippen molar-refractivity contribution in [3.8, 4) is 0 Å². The van der Waals surface area contributed by atoms with Crippen LogP contribution in [0, 0.1) is 11.7 Å². The number of rotatable bonds is 5. The fraction of sp³-hybridized carbons (Fsp3) is 0.357. The van der Waals surface area contributed by atoms with Crippen LogP contribution in [-0.4, -0.2) is 31.3 Å². The second-order valence-corrected chi connectivity index (χ2v) is 4.45. The van der Waals surface area contributed by atoms with Gasteiger partial charge >= 0.3 is 0 Å². The van der Waals surface area contributed by atoms with E-state index in [0.29, 0.717) is 12.1 Å². The summed E-state index contributed by atoms with van der Waals surface area (Å²) in [4.78, 5) is 13.7. The molecule has 0 heterocycles. The van der Waals surface area contributed by atoms with E-state index in [2.05, 4.69) is 0 Å². The first-order valence-electron chi connectivity index (χ1n) is 5.61. The summed E-state index contributed by atoms with van der Waals surface area (Å²) in [6.07, 6.45) is 3.17. The van der Waals surface area contributed by atoms with E-state index in [1.165, 1.54) is 18.2 Å². The van der Waals surface area contributed by atoms with Gasteiger partial charge in [-0.25, -0.2) is 4.39 Å². The number of nitrogens with zero attached hydrogens (tertiary/aromatic N) is 1. The number of carbonyl (C=O) groups excluding carboxylic acids is 1. The maximum atomic E-state index is 12.9. The second kappa shape index (κ2) is 8.01. The summed E-state index contributed by atoms with van der Waals surface area (Å²) >= 11 is 0. The zero-order chi connectivity index (χ0) is 12.8. The third-order valence-electron chi connectivity index (χ3n) is 2.41. The third-order valence-corrected chi connectivity index (χ3v) is 2.41. The minimum absolute atomic E-state index is 0. The van der Waals surface area contributed by atoms with Gasteiger partial charge in [0.1, 0.15) is 5.82 Å². The van der Waals surface area contributed by atoms with Crippen molar-refractivity contribution in [3.63, 3.8) is 0 Å². The molecule has 0 saturated carbocycles. The van der Waals surface area contributed by atoms with Crippen LogP contribution in [0.2, 0.25) is 0 Å². The smallest absolute Gasteiger partial charge is 0.159 e. The largest absolute Gasteiger partial charge is 0.309 e. The molecular weight excluding hydrogens is 253 g/mol. The van der Waals surface area contributed by atoms with Gasteiger partial charge in [-0.1, -0.05) is 25.1 Å². The summed E-state index contributed by atoms with van der Waals surface area (Å²) in [5, 5.41) is 0. The highest BCUT2D eigenvalue weighted by Crippen LogP contribution is 2.07. The van der Waals surface area contributed by atoms with Crippen molar-refractivity contribution < 1.29 is 9.18 Å². The quantitative estimate of drug-likeness (QED) is 0.768. The molecule has 0 fully saturated rings. The van der Waals surface area contributed by atoms with E-state index in [9.17, 15) is 9.18 Å². The Bertz CT molecular complexity index is 418. The first-order chi connectivity index (χ1) is 7.99. The Balaban J connectivity index is 0.00000289. The Morgan fingerprint density at radius 1 is 1.44 bits per heavy atom. The van der Waals surface area contributed by atoms with E-state index in [0.717, 1.165) is 0 Å². The third kappa shape index (κ3) is 5.94. The molecule has 18 heavy (non-hydrogen) atoms. The van der Waals surface area contributed by atoms with Gasteiger partial charge in [0.25, 0.3) is 0 Å². The molecule has 0 bridgehead atoms. The van der Waals surface area contributed by atoms with Crippen molar-refractivity contribution >= 4 is 24.3 Å². The van der Waals surface area contributed by atoms with Crippen molar-refractivity contribution in [1.29, 1.82) is 0 Å².